The fraction of sp³-hybridized carbons (Fsp3) is 0.115. The summed E-state index contributed by atoms with van der Waals surface area (Å²) in [6, 6.07) is 15.5. The lowest BCUT2D eigenvalue weighted by atomic mass is 10.0. The van der Waals surface area contributed by atoms with E-state index in [4.69, 9.17) is 4.74 Å². The normalized spacial score (nSPS) is 14.7. The molecule has 0 atom stereocenters. The van der Waals surface area contributed by atoms with Crippen LogP contribution in [0.15, 0.2) is 70.7 Å². The SMILES string of the molecule is Cc1ccc(N2C(=O)NC(=O)/C(=C\c3cc(Br)ccc3OCc3ccc([N+](=O)[O-])cc3)C2=O)c(C)c1. The summed E-state index contributed by atoms with van der Waals surface area (Å²) in [6.07, 6.45) is 1.37. The van der Waals surface area contributed by atoms with E-state index in [1.165, 1.54) is 18.2 Å². The number of urea groups is 1. The van der Waals surface area contributed by atoms with E-state index in [2.05, 4.69) is 21.2 Å². The summed E-state index contributed by atoms with van der Waals surface area (Å²) < 4.78 is 6.58. The van der Waals surface area contributed by atoms with Crippen molar-refractivity contribution < 1.29 is 24.0 Å². The first-order valence-corrected chi connectivity index (χ1v) is 11.6. The third-order valence-electron chi connectivity index (χ3n) is 5.51. The third kappa shape index (κ3) is 5.18. The number of amides is 4. The van der Waals surface area contributed by atoms with Crippen LogP contribution in [0.3, 0.4) is 0 Å². The minimum absolute atomic E-state index is 0.0300. The van der Waals surface area contributed by atoms with Crippen LogP contribution in [0.1, 0.15) is 22.3 Å². The molecule has 0 radical (unpaired) electrons. The van der Waals surface area contributed by atoms with Gasteiger partial charge in [0.25, 0.3) is 17.5 Å². The van der Waals surface area contributed by atoms with E-state index in [1.807, 2.05) is 13.0 Å². The summed E-state index contributed by atoms with van der Waals surface area (Å²) in [4.78, 5) is 49.8. The smallest absolute Gasteiger partial charge is 0.335 e. The van der Waals surface area contributed by atoms with E-state index in [0.717, 1.165) is 10.5 Å². The number of nitrogens with one attached hydrogen (secondary N) is 1. The third-order valence-corrected chi connectivity index (χ3v) is 6.00. The maximum absolute atomic E-state index is 13.3. The molecular formula is C26H20BrN3O6. The second-order valence-electron chi connectivity index (χ2n) is 8.14. The van der Waals surface area contributed by atoms with Crippen LogP contribution in [-0.4, -0.2) is 22.8 Å². The average molecular weight is 550 g/mol. The number of non-ortho nitro benzene ring substituents is 1. The first-order chi connectivity index (χ1) is 17.1. The number of ether oxygens (including phenoxy) is 1. The molecule has 0 aliphatic carbocycles. The van der Waals surface area contributed by atoms with Gasteiger partial charge in [-0.05, 0) is 67.4 Å². The van der Waals surface area contributed by atoms with Gasteiger partial charge in [0.05, 0.1) is 10.6 Å². The highest BCUT2D eigenvalue weighted by atomic mass is 79.9. The maximum atomic E-state index is 13.3. The van der Waals surface area contributed by atoms with Crippen molar-refractivity contribution in [2.24, 2.45) is 0 Å². The Morgan fingerprint density at radius 3 is 2.42 bits per heavy atom. The van der Waals surface area contributed by atoms with Gasteiger partial charge in [0, 0.05) is 22.2 Å². The average Bonchev–Trinajstić information content (AvgIpc) is 2.82. The molecule has 3 aromatic carbocycles. The number of carbonyl (C=O) groups excluding carboxylic acids is 3. The van der Waals surface area contributed by atoms with Gasteiger partial charge in [0.1, 0.15) is 17.9 Å². The van der Waals surface area contributed by atoms with E-state index in [0.29, 0.717) is 32.6 Å². The van der Waals surface area contributed by atoms with Crippen molar-refractivity contribution in [3.8, 4) is 5.75 Å². The van der Waals surface area contributed by atoms with Gasteiger partial charge in [0.2, 0.25) is 0 Å². The fourth-order valence-corrected chi connectivity index (χ4v) is 4.11. The van der Waals surface area contributed by atoms with Crippen LogP contribution in [-0.2, 0) is 16.2 Å². The molecule has 4 amide bonds. The highest BCUT2D eigenvalue weighted by Crippen LogP contribution is 2.30. The second-order valence-corrected chi connectivity index (χ2v) is 9.06. The standard InChI is InChI=1S/C26H20BrN3O6/c1-15-3-9-22(16(2)11-15)29-25(32)21(24(31)28-26(29)33)13-18-12-19(27)6-10-23(18)36-14-17-4-7-20(8-5-17)30(34)35/h3-13H,14H2,1-2H3,(H,28,31,33)/b21-13+. The summed E-state index contributed by atoms with van der Waals surface area (Å²) in [5, 5.41) is 13.1. The Morgan fingerprint density at radius 1 is 1.03 bits per heavy atom. The quantitative estimate of drug-likeness (QED) is 0.195. The molecule has 1 N–H and O–H groups in total. The Hall–Kier alpha value is -4.31. The van der Waals surface area contributed by atoms with Crippen molar-refractivity contribution in [2.75, 3.05) is 4.90 Å². The molecule has 1 heterocycles. The predicted molar refractivity (Wildman–Crippen MR) is 136 cm³/mol. The predicted octanol–water partition coefficient (Wildman–Crippen LogP) is 5.22. The molecular weight excluding hydrogens is 530 g/mol. The molecule has 36 heavy (non-hydrogen) atoms. The van der Waals surface area contributed by atoms with Crippen molar-refractivity contribution in [1.82, 2.24) is 5.32 Å². The first-order valence-electron chi connectivity index (χ1n) is 10.8. The van der Waals surface area contributed by atoms with Crippen LogP contribution in [0.5, 0.6) is 5.75 Å². The largest absolute Gasteiger partial charge is 0.488 e. The van der Waals surface area contributed by atoms with Gasteiger partial charge in [-0.25, -0.2) is 9.69 Å². The number of halogens is 1. The highest BCUT2D eigenvalue weighted by molar-refractivity contribution is 9.10. The number of nitrogens with zero attached hydrogens (tertiary/aromatic N) is 2. The van der Waals surface area contributed by atoms with Gasteiger partial charge < -0.3 is 4.74 Å². The number of benzene rings is 3. The number of barbiturate groups is 1. The molecule has 0 spiro atoms. The number of nitro benzene ring substituents is 1. The van der Waals surface area contributed by atoms with Crippen molar-refractivity contribution in [3.63, 3.8) is 0 Å². The topological polar surface area (TPSA) is 119 Å². The number of rotatable bonds is 6. The lowest BCUT2D eigenvalue weighted by molar-refractivity contribution is -0.384. The maximum Gasteiger partial charge on any atom is 0.335 e. The van der Waals surface area contributed by atoms with Crippen molar-refractivity contribution in [2.45, 2.75) is 20.5 Å². The van der Waals surface area contributed by atoms with Gasteiger partial charge in [-0.15, -0.1) is 0 Å². The molecule has 3 aromatic rings. The Labute approximate surface area is 214 Å². The Morgan fingerprint density at radius 2 is 1.75 bits per heavy atom. The van der Waals surface area contributed by atoms with Crippen molar-refractivity contribution >= 4 is 51.2 Å². The summed E-state index contributed by atoms with van der Waals surface area (Å²) in [6.45, 7) is 3.78. The van der Waals surface area contributed by atoms with E-state index in [9.17, 15) is 24.5 Å². The van der Waals surface area contributed by atoms with Crippen LogP contribution in [0.25, 0.3) is 6.08 Å². The zero-order valence-corrected chi connectivity index (χ0v) is 20.9. The minimum atomic E-state index is -0.821. The zero-order chi connectivity index (χ0) is 26.0. The summed E-state index contributed by atoms with van der Waals surface area (Å²) in [7, 11) is 0. The Balaban J connectivity index is 1.65. The monoisotopic (exact) mass is 549 g/mol. The van der Waals surface area contributed by atoms with Crippen LogP contribution >= 0.6 is 15.9 Å². The van der Waals surface area contributed by atoms with E-state index in [1.54, 1.807) is 49.4 Å². The molecule has 1 aliphatic heterocycles. The molecule has 0 bridgehead atoms. The number of hydrogen-bond donors (Lipinski definition) is 1. The molecule has 182 valence electrons. The number of carbonyl (C=O) groups is 3. The number of anilines is 1. The molecule has 1 aliphatic rings. The lowest BCUT2D eigenvalue weighted by Gasteiger charge is -2.27. The molecule has 10 heteroatoms. The van der Waals surface area contributed by atoms with Crippen LogP contribution in [0.2, 0.25) is 0 Å². The number of imide groups is 2. The Kier molecular flexibility index (Phi) is 6.98. The molecule has 9 nitrogen and oxygen atoms in total. The summed E-state index contributed by atoms with van der Waals surface area (Å²) >= 11 is 3.38. The lowest BCUT2D eigenvalue weighted by Crippen LogP contribution is -2.54. The molecule has 0 saturated carbocycles. The number of hydrogen-bond acceptors (Lipinski definition) is 6. The van der Waals surface area contributed by atoms with Crippen LogP contribution in [0, 0.1) is 24.0 Å². The molecule has 1 fully saturated rings. The van der Waals surface area contributed by atoms with Crippen LogP contribution < -0.4 is 15.0 Å². The van der Waals surface area contributed by atoms with E-state index < -0.39 is 22.8 Å². The van der Waals surface area contributed by atoms with Gasteiger partial charge in [0.15, 0.2) is 0 Å². The first kappa shape index (κ1) is 24.8. The van der Waals surface area contributed by atoms with Crippen molar-refractivity contribution in [3.05, 3.63) is 103 Å². The van der Waals surface area contributed by atoms with E-state index >= 15 is 0 Å². The van der Waals surface area contributed by atoms with Gasteiger partial charge in [-0.1, -0.05) is 33.6 Å². The summed E-state index contributed by atoms with van der Waals surface area (Å²) in [5.41, 5.74) is 2.93. The molecule has 1 saturated heterocycles. The zero-order valence-electron chi connectivity index (χ0n) is 19.3. The van der Waals surface area contributed by atoms with E-state index in [-0.39, 0.29) is 17.9 Å². The minimum Gasteiger partial charge on any atom is -0.488 e. The highest BCUT2D eigenvalue weighted by Gasteiger charge is 2.37. The van der Waals surface area contributed by atoms with Crippen molar-refractivity contribution in [1.29, 1.82) is 0 Å². The summed E-state index contributed by atoms with van der Waals surface area (Å²) in [5.74, 6) is -1.19. The molecule has 0 unspecified atom stereocenters. The molecule has 0 aromatic heterocycles. The Bertz CT molecular complexity index is 1430. The number of aryl methyl sites for hydroxylation is 2. The number of nitro groups is 1. The van der Waals surface area contributed by atoms with Gasteiger partial charge >= 0.3 is 6.03 Å². The molecule has 4 rings (SSSR count). The van der Waals surface area contributed by atoms with Gasteiger partial charge in [-0.2, -0.15) is 0 Å². The second kappa shape index (κ2) is 10.1. The van der Waals surface area contributed by atoms with Crippen LogP contribution in [0.4, 0.5) is 16.2 Å². The fourth-order valence-electron chi connectivity index (χ4n) is 3.73. The van der Waals surface area contributed by atoms with Gasteiger partial charge in [-0.3, -0.25) is 25.0 Å².